The summed E-state index contributed by atoms with van der Waals surface area (Å²) in [6, 6.07) is 2.82. The quantitative estimate of drug-likeness (QED) is 0.809. The number of ether oxygens (including phenoxy) is 1. The van der Waals surface area contributed by atoms with Gasteiger partial charge in [-0.25, -0.2) is 9.48 Å². The highest BCUT2D eigenvalue weighted by Gasteiger charge is 2.26. The van der Waals surface area contributed by atoms with Crippen molar-refractivity contribution in [1.29, 1.82) is 0 Å². The molecule has 0 atom stereocenters. The first-order valence-corrected chi connectivity index (χ1v) is 7.86. The number of amides is 2. The van der Waals surface area contributed by atoms with Crippen molar-refractivity contribution < 1.29 is 14.3 Å². The summed E-state index contributed by atoms with van der Waals surface area (Å²) in [4.78, 5) is 39.0. The van der Waals surface area contributed by atoms with E-state index in [9.17, 15) is 14.4 Å². The molecular weight excluding hydrogens is 300 g/mol. The van der Waals surface area contributed by atoms with Gasteiger partial charge in [0.15, 0.2) is 0 Å². The second kappa shape index (κ2) is 7.75. The van der Waals surface area contributed by atoms with Gasteiger partial charge >= 0.3 is 6.09 Å². The van der Waals surface area contributed by atoms with Crippen LogP contribution < -0.4 is 5.56 Å². The number of carbonyl (C=O) groups excluding carboxylic acids is 2. The smallest absolute Gasteiger partial charge is 0.409 e. The monoisotopic (exact) mass is 322 g/mol. The van der Waals surface area contributed by atoms with Gasteiger partial charge in [0.2, 0.25) is 0 Å². The molecule has 1 aliphatic heterocycles. The summed E-state index contributed by atoms with van der Waals surface area (Å²) in [5, 5.41) is 4.13. The van der Waals surface area contributed by atoms with Gasteiger partial charge < -0.3 is 14.5 Å². The molecule has 1 aromatic rings. The minimum Gasteiger partial charge on any atom is -0.450 e. The third-order valence-electron chi connectivity index (χ3n) is 3.61. The molecule has 2 rings (SSSR count). The fourth-order valence-corrected chi connectivity index (χ4v) is 2.40. The zero-order valence-corrected chi connectivity index (χ0v) is 13.5. The summed E-state index contributed by atoms with van der Waals surface area (Å²) < 4.78 is 6.26. The first kappa shape index (κ1) is 17.0. The summed E-state index contributed by atoms with van der Waals surface area (Å²) in [5.74, 6) is -0.224. The fourth-order valence-electron chi connectivity index (χ4n) is 2.40. The normalized spacial score (nSPS) is 14.7. The molecule has 2 heterocycles. The Morgan fingerprint density at radius 1 is 1.13 bits per heavy atom. The van der Waals surface area contributed by atoms with Crippen LogP contribution in [0.25, 0.3) is 0 Å². The number of rotatable bonds is 4. The van der Waals surface area contributed by atoms with Crippen LogP contribution in [0.2, 0.25) is 0 Å². The van der Waals surface area contributed by atoms with Gasteiger partial charge in [0.25, 0.3) is 11.5 Å². The fraction of sp³-hybridized carbons (Fsp3) is 0.600. The van der Waals surface area contributed by atoms with E-state index in [1.165, 1.54) is 16.8 Å². The number of hydrogen-bond acceptors (Lipinski definition) is 5. The van der Waals surface area contributed by atoms with Crippen LogP contribution in [0.15, 0.2) is 16.9 Å². The minimum atomic E-state index is -0.353. The highest BCUT2D eigenvalue weighted by atomic mass is 16.6. The van der Waals surface area contributed by atoms with Crippen LogP contribution in [0.5, 0.6) is 0 Å². The average Bonchev–Trinajstić information content (AvgIpc) is 2.57. The first-order chi connectivity index (χ1) is 11.1. The van der Waals surface area contributed by atoms with Crippen LogP contribution in [0.1, 0.15) is 30.8 Å². The van der Waals surface area contributed by atoms with Crippen molar-refractivity contribution in [3.8, 4) is 0 Å². The van der Waals surface area contributed by atoms with Crippen LogP contribution in [-0.4, -0.2) is 64.4 Å². The van der Waals surface area contributed by atoms with E-state index in [2.05, 4.69) is 5.10 Å². The molecule has 1 aliphatic rings. The Morgan fingerprint density at radius 2 is 1.78 bits per heavy atom. The van der Waals surface area contributed by atoms with Gasteiger partial charge in [0, 0.05) is 38.8 Å². The van der Waals surface area contributed by atoms with Gasteiger partial charge in [0.1, 0.15) is 5.69 Å². The molecule has 0 aromatic carbocycles. The van der Waals surface area contributed by atoms with Crippen molar-refractivity contribution in [2.75, 3.05) is 32.8 Å². The Bertz CT molecular complexity index is 620. The van der Waals surface area contributed by atoms with E-state index in [0.29, 0.717) is 39.3 Å². The lowest BCUT2D eigenvalue weighted by molar-refractivity contribution is 0.0563. The van der Waals surface area contributed by atoms with E-state index in [4.69, 9.17) is 4.74 Å². The summed E-state index contributed by atoms with van der Waals surface area (Å²) in [6.45, 7) is 6.22. The van der Waals surface area contributed by atoms with Crippen molar-refractivity contribution in [3.63, 3.8) is 0 Å². The Hall–Kier alpha value is -2.38. The summed E-state index contributed by atoms with van der Waals surface area (Å²) >= 11 is 0. The second-order valence-electron chi connectivity index (χ2n) is 5.26. The zero-order valence-electron chi connectivity index (χ0n) is 13.5. The highest BCUT2D eigenvalue weighted by Crippen LogP contribution is 2.07. The Labute approximate surface area is 134 Å². The predicted molar refractivity (Wildman–Crippen MR) is 83.3 cm³/mol. The largest absolute Gasteiger partial charge is 0.450 e. The van der Waals surface area contributed by atoms with Crippen molar-refractivity contribution in [2.45, 2.75) is 26.8 Å². The maximum absolute atomic E-state index is 12.5. The summed E-state index contributed by atoms with van der Waals surface area (Å²) in [7, 11) is 0. The lowest BCUT2D eigenvalue weighted by Gasteiger charge is -2.33. The van der Waals surface area contributed by atoms with Gasteiger partial charge in [-0.3, -0.25) is 9.59 Å². The van der Waals surface area contributed by atoms with E-state index in [-0.39, 0.29) is 23.3 Å². The molecule has 1 saturated heterocycles. The van der Waals surface area contributed by atoms with E-state index in [1.807, 2.05) is 6.92 Å². The molecule has 8 heteroatoms. The molecule has 2 amide bonds. The SMILES string of the molecule is CCCn1nc(C(=O)N2CCN(C(=O)OCC)CC2)ccc1=O. The van der Waals surface area contributed by atoms with Gasteiger partial charge in [-0.1, -0.05) is 6.92 Å². The molecule has 1 aromatic heterocycles. The molecule has 8 nitrogen and oxygen atoms in total. The third-order valence-corrected chi connectivity index (χ3v) is 3.61. The standard InChI is InChI=1S/C15H22N4O4/c1-3-7-19-13(20)6-5-12(16-19)14(21)17-8-10-18(11-9-17)15(22)23-4-2/h5-6H,3-4,7-11H2,1-2H3. The van der Waals surface area contributed by atoms with Crippen LogP contribution in [0.4, 0.5) is 4.79 Å². The number of aryl methyl sites for hydroxylation is 1. The molecular formula is C15H22N4O4. The van der Waals surface area contributed by atoms with Crippen LogP contribution >= 0.6 is 0 Å². The lowest BCUT2D eigenvalue weighted by Crippen LogP contribution is -2.51. The molecule has 0 unspecified atom stereocenters. The first-order valence-electron chi connectivity index (χ1n) is 7.86. The second-order valence-corrected chi connectivity index (χ2v) is 5.26. The van der Waals surface area contributed by atoms with Gasteiger partial charge in [-0.05, 0) is 19.4 Å². The van der Waals surface area contributed by atoms with Crippen molar-refractivity contribution >= 4 is 12.0 Å². The Kier molecular flexibility index (Phi) is 5.72. The maximum atomic E-state index is 12.5. The van der Waals surface area contributed by atoms with Gasteiger partial charge in [-0.15, -0.1) is 0 Å². The third kappa shape index (κ3) is 4.08. The number of piperazine rings is 1. The number of aromatic nitrogens is 2. The molecule has 0 radical (unpaired) electrons. The van der Waals surface area contributed by atoms with Crippen molar-refractivity contribution in [2.24, 2.45) is 0 Å². The van der Waals surface area contributed by atoms with E-state index in [0.717, 1.165) is 6.42 Å². The molecule has 126 valence electrons. The Morgan fingerprint density at radius 3 is 2.39 bits per heavy atom. The van der Waals surface area contributed by atoms with Crippen molar-refractivity contribution in [3.05, 3.63) is 28.2 Å². The molecule has 0 bridgehead atoms. The van der Waals surface area contributed by atoms with Crippen molar-refractivity contribution in [1.82, 2.24) is 19.6 Å². The van der Waals surface area contributed by atoms with Crippen LogP contribution in [-0.2, 0) is 11.3 Å². The maximum Gasteiger partial charge on any atom is 0.409 e. The number of carbonyl (C=O) groups is 2. The van der Waals surface area contributed by atoms with Gasteiger partial charge in [0.05, 0.1) is 6.61 Å². The predicted octanol–water partition coefficient (Wildman–Crippen LogP) is 0.568. The van der Waals surface area contributed by atoms with E-state index >= 15 is 0 Å². The van der Waals surface area contributed by atoms with Crippen LogP contribution in [0, 0.1) is 0 Å². The topological polar surface area (TPSA) is 84.7 Å². The van der Waals surface area contributed by atoms with Gasteiger partial charge in [-0.2, -0.15) is 5.10 Å². The summed E-state index contributed by atoms with van der Waals surface area (Å²) in [6.07, 6.45) is 0.414. The molecule has 23 heavy (non-hydrogen) atoms. The number of hydrogen-bond donors (Lipinski definition) is 0. The molecule has 0 spiro atoms. The van der Waals surface area contributed by atoms with Crippen LogP contribution in [0.3, 0.4) is 0 Å². The average molecular weight is 322 g/mol. The lowest BCUT2D eigenvalue weighted by atomic mass is 10.2. The van der Waals surface area contributed by atoms with E-state index in [1.54, 1.807) is 16.7 Å². The Balaban J connectivity index is 2.01. The number of nitrogens with zero attached hydrogens (tertiary/aromatic N) is 4. The molecule has 0 saturated carbocycles. The van der Waals surface area contributed by atoms with E-state index < -0.39 is 0 Å². The molecule has 0 N–H and O–H groups in total. The highest BCUT2D eigenvalue weighted by molar-refractivity contribution is 5.92. The molecule has 1 fully saturated rings. The molecule has 0 aliphatic carbocycles. The zero-order chi connectivity index (χ0) is 16.8. The summed E-state index contributed by atoms with van der Waals surface area (Å²) in [5.41, 5.74) is 0.0400. The minimum absolute atomic E-state index is 0.212.